The minimum Gasteiger partial charge on any atom is -0.368 e. The van der Waals surface area contributed by atoms with Crippen molar-refractivity contribution in [3.8, 4) is 0 Å². The van der Waals surface area contributed by atoms with Gasteiger partial charge in [0.05, 0.1) is 4.92 Å². The predicted octanol–water partition coefficient (Wildman–Crippen LogP) is 4.39. The van der Waals surface area contributed by atoms with Crippen molar-refractivity contribution in [2.24, 2.45) is 0 Å². The molecule has 0 unspecified atom stereocenters. The van der Waals surface area contributed by atoms with Gasteiger partial charge in [0, 0.05) is 49.6 Å². The second-order valence-corrected chi connectivity index (χ2v) is 8.27. The van der Waals surface area contributed by atoms with Gasteiger partial charge in [-0.2, -0.15) is 0 Å². The van der Waals surface area contributed by atoms with Gasteiger partial charge in [-0.25, -0.2) is 0 Å². The molecule has 1 fully saturated rings. The summed E-state index contributed by atoms with van der Waals surface area (Å²) in [5, 5.41) is 11.0. The molecule has 2 aromatic rings. The van der Waals surface area contributed by atoms with Gasteiger partial charge in [-0.05, 0) is 17.0 Å². The monoisotopic (exact) mass is 383 g/mol. The highest BCUT2D eigenvalue weighted by Gasteiger charge is 2.21. The first-order chi connectivity index (χ1) is 12.8. The van der Waals surface area contributed by atoms with Gasteiger partial charge in [-0.3, -0.25) is 10.1 Å². The first kappa shape index (κ1) is 19.3. The highest BCUT2D eigenvalue weighted by Crippen LogP contribution is 2.24. The van der Waals surface area contributed by atoms with E-state index in [4.69, 9.17) is 12.2 Å². The predicted molar refractivity (Wildman–Crippen MR) is 114 cm³/mol. The fraction of sp³-hybridized carbons (Fsp3) is 0.381. The minimum absolute atomic E-state index is 0.129. The number of nitro groups is 1. The van der Waals surface area contributed by atoms with E-state index < -0.39 is 0 Å². The van der Waals surface area contributed by atoms with Crippen molar-refractivity contribution >= 4 is 28.6 Å². The maximum atomic E-state index is 11.0. The molecule has 1 aliphatic rings. The van der Waals surface area contributed by atoms with E-state index in [9.17, 15) is 10.1 Å². The van der Waals surface area contributed by atoms with Crippen LogP contribution in [0.3, 0.4) is 0 Å². The Labute approximate surface area is 165 Å². The summed E-state index contributed by atoms with van der Waals surface area (Å²) >= 11 is 5.71. The van der Waals surface area contributed by atoms with E-state index in [2.05, 4.69) is 54.8 Å². The van der Waals surface area contributed by atoms with Crippen LogP contribution in [0.5, 0.6) is 0 Å². The van der Waals surface area contributed by atoms with Crippen molar-refractivity contribution in [1.29, 1.82) is 0 Å². The van der Waals surface area contributed by atoms with Crippen LogP contribution < -0.4 is 4.90 Å². The normalized spacial score (nSPS) is 14.9. The molecule has 2 aromatic carbocycles. The van der Waals surface area contributed by atoms with Crippen LogP contribution in [0.1, 0.15) is 31.9 Å². The number of rotatable bonds is 3. The van der Waals surface area contributed by atoms with Crippen LogP contribution in [0.25, 0.3) is 0 Å². The lowest BCUT2D eigenvalue weighted by Gasteiger charge is -2.37. The zero-order valence-corrected chi connectivity index (χ0v) is 16.8. The summed E-state index contributed by atoms with van der Waals surface area (Å²) in [6.45, 7) is 9.81. The largest absolute Gasteiger partial charge is 0.368 e. The molecule has 0 bridgehead atoms. The molecule has 6 heteroatoms. The SMILES string of the molecule is CC(C)(C)c1ccc(C(=S)N2CCN(c3cccc([N+](=O)[O-])c3)CC2)cc1. The van der Waals surface area contributed by atoms with Gasteiger partial charge in [0.1, 0.15) is 4.99 Å². The third-order valence-electron chi connectivity index (χ3n) is 4.97. The van der Waals surface area contributed by atoms with Gasteiger partial charge in [0.25, 0.3) is 5.69 Å². The van der Waals surface area contributed by atoms with E-state index in [0.717, 1.165) is 42.4 Å². The molecule has 0 aromatic heterocycles. The van der Waals surface area contributed by atoms with Gasteiger partial charge < -0.3 is 9.80 Å². The average Bonchev–Trinajstić information content (AvgIpc) is 2.67. The Hall–Kier alpha value is -2.47. The van der Waals surface area contributed by atoms with E-state index in [-0.39, 0.29) is 16.0 Å². The molecule has 0 amide bonds. The number of piperazine rings is 1. The molecule has 1 aliphatic heterocycles. The molecule has 0 saturated carbocycles. The number of nitro benzene ring substituents is 1. The number of benzene rings is 2. The molecule has 1 saturated heterocycles. The Morgan fingerprint density at radius 2 is 1.67 bits per heavy atom. The lowest BCUT2D eigenvalue weighted by Crippen LogP contribution is -2.48. The standard InChI is InChI=1S/C21H25N3O2S/c1-21(2,3)17-9-7-16(8-10-17)20(27)23-13-11-22(12-14-23)18-5-4-6-19(15-18)24(25)26/h4-10,15H,11-14H2,1-3H3. The number of thiocarbonyl (C=S) groups is 1. The molecule has 0 N–H and O–H groups in total. The topological polar surface area (TPSA) is 49.6 Å². The molecule has 0 radical (unpaired) electrons. The van der Waals surface area contributed by atoms with E-state index in [1.165, 1.54) is 11.6 Å². The van der Waals surface area contributed by atoms with Gasteiger partial charge in [0.15, 0.2) is 0 Å². The molecule has 1 heterocycles. The summed E-state index contributed by atoms with van der Waals surface area (Å²) in [4.78, 5) is 15.9. The number of non-ortho nitro benzene ring substituents is 1. The van der Waals surface area contributed by atoms with E-state index in [1.807, 2.05) is 6.07 Å². The summed E-state index contributed by atoms with van der Waals surface area (Å²) in [6, 6.07) is 15.3. The van der Waals surface area contributed by atoms with E-state index in [1.54, 1.807) is 12.1 Å². The van der Waals surface area contributed by atoms with Crippen molar-refractivity contribution in [3.63, 3.8) is 0 Å². The molecule has 0 atom stereocenters. The fourth-order valence-electron chi connectivity index (χ4n) is 3.27. The number of nitrogens with zero attached hydrogens (tertiary/aromatic N) is 3. The van der Waals surface area contributed by atoms with Crippen LogP contribution in [0.2, 0.25) is 0 Å². The van der Waals surface area contributed by atoms with Gasteiger partial charge in [-0.1, -0.05) is 63.3 Å². The quantitative estimate of drug-likeness (QED) is 0.447. The van der Waals surface area contributed by atoms with Crippen LogP contribution in [0.4, 0.5) is 11.4 Å². The van der Waals surface area contributed by atoms with Gasteiger partial charge in [-0.15, -0.1) is 0 Å². The Bertz CT molecular complexity index is 835. The zero-order valence-electron chi connectivity index (χ0n) is 16.0. The van der Waals surface area contributed by atoms with Crippen LogP contribution in [0.15, 0.2) is 48.5 Å². The maximum absolute atomic E-state index is 11.0. The summed E-state index contributed by atoms with van der Waals surface area (Å²) in [5.74, 6) is 0. The summed E-state index contributed by atoms with van der Waals surface area (Å²) in [7, 11) is 0. The number of anilines is 1. The molecule has 142 valence electrons. The second kappa shape index (κ2) is 7.64. The van der Waals surface area contributed by atoms with Crippen LogP contribution in [0, 0.1) is 10.1 Å². The fourth-order valence-corrected chi connectivity index (χ4v) is 3.59. The van der Waals surface area contributed by atoms with Crippen molar-refractivity contribution < 1.29 is 4.92 Å². The second-order valence-electron chi connectivity index (χ2n) is 7.88. The summed E-state index contributed by atoms with van der Waals surface area (Å²) in [5.41, 5.74) is 3.52. The average molecular weight is 384 g/mol. The summed E-state index contributed by atoms with van der Waals surface area (Å²) < 4.78 is 0. The molecule has 0 spiro atoms. The number of hydrogen-bond donors (Lipinski definition) is 0. The van der Waals surface area contributed by atoms with Gasteiger partial charge in [0.2, 0.25) is 0 Å². The van der Waals surface area contributed by atoms with Crippen LogP contribution in [-0.2, 0) is 5.41 Å². The van der Waals surface area contributed by atoms with Crippen molar-refractivity contribution in [2.45, 2.75) is 26.2 Å². The van der Waals surface area contributed by atoms with E-state index in [0.29, 0.717) is 0 Å². The van der Waals surface area contributed by atoms with Gasteiger partial charge >= 0.3 is 0 Å². The lowest BCUT2D eigenvalue weighted by molar-refractivity contribution is -0.384. The highest BCUT2D eigenvalue weighted by molar-refractivity contribution is 7.80. The third kappa shape index (κ3) is 4.45. The Morgan fingerprint density at radius 3 is 2.22 bits per heavy atom. The molecule has 0 aliphatic carbocycles. The summed E-state index contributed by atoms with van der Waals surface area (Å²) in [6.07, 6.45) is 0. The molecular weight excluding hydrogens is 358 g/mol. The van der Waals surface area contributed by atoms with Crippen molar-refractivity contribution in [1.82, 2.24) is 4.90 Å². The highest BCUT2D eigenvalue weighted by atomic mass is 32.1. The molecule has 27 heavy (non-hydrogen) atoms. The first-order valence-electron chi connectivity index (χ1n) is 9.15. The van der Waals surface area contributed by atoms with Crippen molar-refractivity contribution in [2.75, 3.05) is 31.1 Å². The third-order valence-corrected chi connectivity index (χ3v) is 5.46. The maximum Gasteiger partial charge on any atom is 0.271 e. The first-order valence-corrected chi connectivity index (χ1v) is 9.56. The van der Waals surface area contributed by atoms with Crippen molar-refractivity contribution in [3.05, 3.63) is 69.8 Å². The Balaban J connectivity index is 1.64. The zero-order chi connectivity index (χ0) is 19.6. The van der Waals surface area contributed by atoms with E-state index >= 15 is 0 Å². The smallest absolute Gasteiger partial charge is 0.271 e. The Morgan fingerprint density at radius 1 is 1.04 bits per heavy atom. The molecule has 3 rings (SSSR count). The minimum atomic E-state index is -0.351. The Kier molecular flexibility index (Phi) is 5.46. The van der Waals surface area contributed by atoms with Crippen LogP contribution >= 0.6 is 12.2 Å². The van der Waals surface area contributed by atoms with Crippen LogP contribution in [-0.4, -0.2) is 41.0 Å². The number of hydrogen-bond acceptors (Lipinski definition) is 4. The molecular formula is C21H25N3O2S. The lowest BCUT2D eigenvalue weighted by atomic mass is 9.87. The molecule has 5 nitrogen and oxygen atoms in total.